The van der Waals surface area contributed by atoms with Crippen LogP contribution in [0.15, 0.2) is 35.4 Å². The number of aryl methyl sites for hydroxylation is 2. The van der Waals surface area contributed by atoms with Gasteiger partial charge in [-0.1, -0.05) is 12.1 Å². The Labute approximate surface area is 191 Å². The summed E-state index contributed by atoms with van der Waals surface area (Å²) in [6, 6.07) is 7.51. The van der Waals surface area contributed by atoms with E-state index in [2.05, 4.69) is 14.8 Å². The van der Waals surface area contributed by atoms with Gasteiger partial charge in [-0.15, -0.1) is 11.3 Å². The normalized spacial score (nSPS) is 19.4. The van der Waals surface area contributed by atoms with E-state index in [0.29, 0.717) is 24.9 Å². The molecule has 32 heavy (non-hydrogen) atoms. The molecule has 6 nitrogen and oxygen atoms in total. The van der Waals surface area contributed by atoms with E-state index >= 15 is 0 Å². The average Bonchev–Trinajstić information content (AvgIpc) is 3.20. The lowest BCUT2D eigenvalue weighted by Crippen LogP contribution is -2.51. The SMILES string of the molecule is COCCCn1cnc2sc3c(c2c1=O)CCC(N1CCN(c2ccccc2F)CC1)C3. The third-order valence-electron chi connectivity index (χ3n) is 6.78. The number of nitrogens with zero attached hydrogens (tertiary/aromatic N) is 4. The van der Waals surface area contributed by atoms with E-state index in [4.69, 9.17) is 4.74 Å². The van der Waals surface area contributed by atoms with Crippen LogP contribution in [-0.4, -0.2) is 60.4 Å². The molecule has 3 heterocycles. The monoisotopic (exact) mass is 456 g/mol. The maximum Gasteiger partial charge on any atom is 0.262 e. The van der Waals surface area contributed by atoms with Crippen LogP contribution in [0.25, 0.3) is 10.2 Å². The first-order valence-electron chi connectivity index (χ1n) is 11.4. The molecular formula is C24H29FN4O2S. The lowest BCUT2D eigenvalue weighted by atomic mass is 9.91. The van der Waals surface area contributed by atoms with Crippen molar-refractivity contribution < 1.29 is 9.13 Å². The standard InChI is InChI=1S/C24H29FN4O2S/c1-31-14-4-9-29-16-26-23-22(24(29)30)18-8-7-17(15-21(18)32-23)27-10-12-28(13-11-27)20-6-3-2-5-19(20)25/h2-3,5-6,16-17H,4,7-15H2,1H3. The first-order chi connectivity index (χ1) is 15.7. The highest BCUT2D eigenvalue weighted by Gasteiger charge is 2.30. The predicted molar refractivity (Wildman–Crippen MR) is 126 cm³/mol. The summed E-state index contributed by atoms with van der Waals surface area (Å²) in [5.74, 6) is -0.145. The van der Waals surface area contributed by atoms with Crippen molar-refractivity contribution in [2.45, 2.75) is 38.3 Å². The molecule has 0 radical (unpaired) electrons. The van der Waals surface area contributed by atoms with Gasteiger partial charge in [0.15, 0.2) is 0 Å². The molecule has 1 aliphatic heterocycles. The molecule has 5 rings (SSSR count). The second kappa shape index (κ2) is 9.29. The quantitative estimate of drug-likeness (QED) is 0.533. The van der Waals surface area contributed by atoms with Crippen LogP contribution in [0, 0.1) is 5.82 Å². The van der Waals surface area contributed by atoms with E-state index in [1.54, 1.807) is 35.4 Å². The molecule has 1 aromatic carbocycles. The van der Waals surface area contributed by atoms with E-state index in [0.717, 1.165) is 62.1 Å². The Morgan fingerprint density at radius 2 is 2.03 bits per heavy atom. The van der Waals surface area contributed by atoms with Crippen molar-refractivity contribution in [2.24, 2.45) is 0 Å². The first kappa shape index (κ1) is 21.6. The summed E-state index contributed by atoms with van der Waals surface area (Å²) in [6.07, 6.45) is 5.43. The molecule has 1 saturated heterocycles. The van der Waals surface area contributed by atoms with Gasteiger partial charge in [-0.05, 0) is 43.4 Å². The number of aromatic nitrogens is 2. The summed E-state index contributed by atoms with van der Waals surface area (Å²) < 4.78 is 21.0. The largest absolute Gasteiger partial charge is 0.385 e. The molecule has 0 spiro atoms. The zero-order valence-corrected chi connectivity index (χ0v) is 19.2. The van der Waals surface area contributed by atoms with E-state index in [1.165, 1.54) is 16.5 Å². The number of hydrogen-bond acceptors (Lipinski definition) is 6. The molecule has 1 aliphatic carbocycles. The van der Waals surface area contributed by atoms with Gasteiger partial charge in [0, 0.05) is 57.4 Å². The van der Waals surface area contributed by atoms with Crippen LogP contribution in [0.5, 0.6) is 0 Å². The Bertz CT molecular complexity index is 1150. The number of anilines is 1. The molecule has 1 unspecified atom stereocenters. The summed E-state index contributed by atoms with van der Waals surface area (Å²) in [5.41, 5.74) is 2.00. The summed E-state index contributed by atoms with van der Waals surface area (Å²) in [6.45, 7) is 4.82. The summed E-state index contributed by atoms with van der Waals surface area (Å²) in [4.78, 5) is 24.6. The number of halogens is 1. The molecule has 2 aliphatic rings. The van der Waals surface area contributed by atoms with Crippen molar-refractivity contribution >= 4 is 27.2 Å². The molecule has 1 fully saturated rings. The Morgan fingerprint density at radius 3 is 2.81 bits per heavy atom. The summed E-state index contributed by atoms with van der Waals surface area (Å²) in [5, 5.41) is 0.827. The number of benzene rings is 1. The van der Waals surface area contributed by atoms with Crippen LogP contribution in [0.2, 0.25) is 0 Å². The Kier molecular flexibility index (Phi) is 6.26. The van der Waals surface area contributed by atoms with Crippen LogP contribution in [0.3, 0.4) is 0 Å². The van der Waals surface area contributed by atoms with Gasteiger partial charge in [-0.2, -0.15) is 0 Å². The molecular weight excluding hydrogens is 427 g/mol. The van der Waals surface area contributed by atoms with Gasteiger partial charge in [-0.3, -0.25) is 14.3 Å². The highest BCUT2D eigenvalue weighted by atomic mass is 32.1. The molecule has 0 bridgehead atoms. The summed E-state index contributed by atoms with van der Waals surface area (Å²) in [7, 11) is 1.68. The zero-order chi connectivity index (χ0) is 22.1. The zero-order valence-electron chi connectivity index (χ0n) is 18.4. The minimum absolute atomic E-state index is 0.0838. The van der Waals surface area contributed by atoms with E-state index in [-0.39, 0.29) is 11.4 Å². The molecule has 2 aromatic heterocycles. The van der Waals surface area contributed by atoms with Gasteiger partial charge in [0.1, 0.15) is 10.6 Å². The fourth-order valence-electron chi connectivity index (χ4n) is 5.07. The van der Waals surface area contributed by atoms with Gasteiger partial charge < -0.3 is 9.64 Å². The van der Waals surface area contributed by atoms with Crippen molar-refractivity contribution in [1.82, 2.24) is 14.5 Å². The fourth-order valence-corrected chi connectivity index (χ4v) is 6.32. The topological polar surface area (TPSA) is 50.6 Å². The number of thiophene rings is 1. The van der Waals surface area contributed by atoms with Crippen LogP contribution in [-0.2, 0) is 24.1 Å². The van der Waals surface area contributed by atoms with Crippen LogP contribution >= 0.6 is 11.3 Å². The molecule has 170 valence electrons. The minimum Gasteiger partial charge on any atom is -0.385 e. The lowest BCUT2D eigenvalue weighted by molar-refractivity contribution is 0.171. The van der Waals surface area contributed by atoms with Gasteiger partial charge in [-0.25, -0.2) is 9.37 Å². The first-order valence-corrected chi connectivity index (χ1v) is 12.2. The fraction of sp³-hybridized carbons (Fsp3) is 0.500. The van der Waals surface area contributed by atoms with Crippen molar-refractivity contribution in [3.63, 3.8) is 0 Å². The maximum absolute atomic E-state index is 14.1. The second-order valence-corrected chi connectivity index (χ2v) is 9.73. The highest BCUT2D eigenvalue weighted by molar-refractivity contribution is 7.18. The van der Waals surface area contributed by atoms with Crippen molar-refractivity contribution in [3.8, 4) is 0 Å². The number of rotatable bonds is 6. The predicted octanol–water partition coefficient (Wildman–Crippen LogP) is 3.31. The van der Waals surface area contributed by atoms with Crippen molar-refractivity contribution in [3.05, 3.63) is 57.2 Å². The molecule has 0 N–H and O–H groups in total. The van der Waals surface area contributed by atoms with E-state index < -0.39 is 0 Å². The second-order valence-electron chi connectivity index (χ2n) is 8.64. The molecule has 3 aromatic rings. The molecule has 0 amide bonds. The minimum atomic E-state index is -0.145. The Morgan fingerprint density at radius 1 is 1.22 bits per heavy atom. The lowest BCUT2D eigenvalue weighted by Gasteiger charge is -2.41. The highest BCUT2D eigenvalue weighted by Crippen LogP contribution is 2.35. The number of piperazine rings is 1. The van der Waals surface area contributed by atoms with Gasteiger partial charge in [0.25, 0.3) is 5.56 Å². The van der Waals surface area contributed by atoms with Gasteiger partial charge in [0.05, 0.1) is 17.4 Å². The molecule has 0 saturated carbocycles. The molecule has 8 heteroatoms. The number of fused-ring (bicyclic) bond motifs is 3. The van der Waals surface area contributed by atoms with Crippen LogP contribution in [0.4, 0.5) is 10.1 Å². The van der Waals surface area contributed by atoms with Crippen molar-refractivity contribution in [2.75, 3.05) is 44.8 Å². The van der Waals surface area contributed by atoms with E-state index in [9.17, 15) is 9.18 Å². The number of methoxy groups -OCH3 is 1. The maximum atomic E-state index is 14.1. The number of ether oxygens (including phenoxy) is 1. The van der Waals surface area contributed by atoms with Gasteiger partial charge in [0.2, 0.25) is 0 Å². The number of hydrogen-bond donors (Lipinski definition) is 0. The third-order valence-corrected chi connectivity index (χ3v) is 7.94. The summed E-state index contributed by atoms with van der Waals surface area (Å²) >= 11 is 1.68. The average molecular weight is 457 g/mol. The third kappa shape index (κ3) is 4.07. The number of para-hydroxylation sites is 1. The Balaban J connectivity index is 1.28. The van der Waals surface area contributed by atoms with Crippen LogP contribution in [0.1, 0.15) is 23.3 Å². The van der Waals surface area contributed by atoms with E-state index in [1.807, 2.05) is 12.1 Å². The molecule has 1 atom stereocenters. The smallest absolute Gasteiger partial charge is 0.262 e. The van der Waals surface area contributed by atoms with Crippen molar-refractivity contribution in [1.29, 1.82) is 0 Å². The van der Waals surface area contributed by atoms with Crippen LogP contribution < -0.4 is 10.5 Å². The Hall–Kier alpha value is -2.29. The van der Waals surface area contributed by atoms with Gasteiger partial charge >= 0.3 is 0 Å².